The lowest BCUT2D eigenvalue weighted by Gasteiger charge is -2.09. The summed E-state index contributed by atoms with van der Waals surface area (Å²) < 4.78 is 32.8. The number of aromatic nitrogens is 2. The summed E-state index contributed by atoms with van der Waals surface area (Å²) >= 11 is 1.03. The molecule has 0 radical (unpaired) electrons. The summed E-state index contributed by atoms with van der Waals surface area (Å²) in [5, 5.41) is 0.245. The summed E-state index contributed by atoms with van der Waals surface area (Å²) in [6.45, 7) is 0.0888. The van der Waals surface area contributed by atoms with E-state index in [0.29, 0.717) is 16.1 Å². The van der Waals surface area contributed by atoms with Crippen LogP contribution in [0.1, 0.15) is 20.8 Å². The SMILES string of the molecule is Cn1c(=O)n(Cc2ccc(NS(C)(=O)=O)cc2)c(=O)c2cc(C(=O)OCc3ccccc3)sc21. The van der Waals surface area contributed by atoms with Crippen LogP contribution in [-0.2, 0) is 35.0 Å². The number of nitrogens with zero attached hydrogens (tertiary/aromatic N) is 2. The van der Waals surface area contributed by atoms with Crippen molar-refractivity contribution in [1.29, 1.82) is 0 Å². The fraction of sp³-hybridized carbons (Fsp3) is 0.174. The van der Waals surface area contributed by atoms with E-state index in [1.54, 1.807) is 24.3 Å². The Hall–Kier alpha value is -3.70. The number of carbonyl (C=O) groups is 1. The molecule has 0 fully saturated rings. The third-order valence-electron chi connectivity index (χ3n) is 5.02. The predicted octanol–water partition coefficient (Wildman–Crippen LogP) is 2.54. The molecule has 2 aromatic heterocycles. The fourth-order valence-electron chi connectivity index (χ4n) is 3.39. The van der Waals surface area contributed by atoms with Crippen LogP contribution in [0.25, 0.3) is 10.2 Å². The normalized spacial score (nSPS) is 11.5. The van der Waals surface area contributed by atoms with E-state index in [0.717, 1.165) is 27.7 Å². The summed E-state index contributed by atoms with van der Waals surface area (Å²) in [6.07, 6.45) is 1.05. The first kappa shape index (κ1) is 23.5. The highest BCUT2D eigenvalue weighted by atomic mass is 32.2. The van der Waals surface area contributed by atoms with Gasteiger partial charge in [-0.1, -0.05) is 42.5 Å². The van der Waals surface area contributed by atoms with Crippen molar-refractivity contribution in [3.8, 4) is 0 Å². The number of anilines is 1. The molecule has 0 aliphatic rings. The molecule has 0 unspecified atom stereocenters. The van der Waals surface area contributed by atoms with Gasteiger partial charge in [0.1, 0.15) is 16.3 Å². The molecule has 4 rings (SSSR count). The van der Waals surface area contributed by atoms with Gasteiger partial charge < -0.3 is 4.74 Å². The van der Waals surface area contributed by atoms with Gasteiger partial charge in [-0.05, 0) is 29.3 Å². The van der Waals surface area contributed by atoms with Gasteiger partial charge in [-0.3, -0.25) is 18.7 Å². The average Bonchev–Trinajstić information content (AvgIpc) is 3.26. The van der Waals surface area contributed by atoms with Crippen LogP contribution < -0.4 is 16.0 Å². The highest BCUT2D eigenvalue weighted by molar-refractivity contribution is 7.92. The summed E-state index contributed by atoms with van der Waals surface area (Å²) in [5.74, 6) is -0.572. The average molecular weight is 500 g/mol. The zero-order valence-electron chi connectivity index (χ0n) is 18.3. The highest BCUT2D eigenvalue weighted by Gasteiger charge is 2.19. The van der Waals surface area contributed by atoms with Crippen molar-refractivity contribution >= 4 is 43.2 Å². The number of esters is 1. The van der Waals surface area contributed by atoms with E-state index in [4.69, 9.17) is 4.74 Å². The molecule has 0 spiro atoms. The Morgan fingerprint density at radius 2 is 1.71 bits per heavy atom. The van der Waals surface area contributed by atoms with Crippen molar-refractivity contribution in [3.05, 3.63) is 97.5 Å². The third-order valence-corrected chi connectivity index (χ3v) is 6.82. The molecule has 0 amide bonds. The molecule has 0 saturated carbocycles. The second kappa shape index (κ2) is 9.27. The van der Waals surface area contributed by atoms with Gasteiger partial charge in [0.15, 0.2) is 0 Å². The standard InChI is InChI=1S/C23H21N3O6S2/c1-25-21-18(12-19(33-21)22(28)32-14-16-6-4-3-5-7-16)20(27)26(23(25)29)13-15-8-10-17(11-9-15)24-34(2,30)31/h3-12,24H,13-14H2,1-2H3. The van der Waals surface area contributed by atoms with E-state index in [1.807, 2.05) is 30.3 Å². The molecule has 2 heterocycles. The number of benzene rings is 2. The minimum atomic E-state index is -3.41. The second-order valence-electron chi connectivity index (χ2n) is 7.70. The van der Waals surface area contributed by atoms with E-state index in [9.17, 15) is 22.8 Å². The lowest BCUT2D eigenvalue weighted by atomic mass is 10.2. The molecule has 0 bridgehead atoms. The predicted molar refractivity (Wildman–Crippen MR) is 131 cm³/mol. The maximum atomic E-state index is 13.1. The molecule has 0 atom stereocenters. The molecule has 9 nitrogen and oxygen atoms in total. The lowest BCUT2D eigenvalue weighted by Crippen LogP contribution is -2.38. The van der Waals surface area contributed by atoms with Gasteiger partial charge in [-0.15, -0.1) is 11.3 Å². The van der Waals surface area contributed by atoms with E-state index in [1.165, 1.54) is 17.7 Å². The van der Waals surface area contributed by atoms with E-state index >= 15 is 0 Å². The molecule has 11 heteroatoms. The van der Waals surface area contributed by atoms with Crippen LogP contribution in [0.5, 0.6) is 0 Å². The number of fused-ring (bicyclic) bond motifs is 1. The first-order chi connectivity index (χ1) is 16.1. The minimum absolute atomic E-state index is 0.00969. The Kier molecular flexibility index (Phi) is 6.40. The summed E-state index contributed by atoms with van der Waals surface area (Å²) in [6, 6.07) is 17.0. The topological polar surface area (TPSA) is 116 Å². The minimum Gasteiger partial charge on any atom is -0.457 e. The van der Waals surface area contributed by atoms with Gasteiger partial charge >= 0.3 is 11.7 Å². The molecule has 0 aliphatic heterocycles. The number of nitrogens with one attached hydrogen (secondary N) is 1. The van der Waals surface area contributed by atoms with Crippen molar-refractivity contribution in [2.45, 2.75) is 13.2 Å². The molecule has 0 saturated heterocycles. The van der Waals surface area contributed by atoms with Crippen LogP contribution in [0.15, 0.2) is 70.3 Å². The van der Waals surface area contributed by atoms with Crippen molar-refractivity contribution in [2.24, 2.45) is 7.05 Å². The van der Waals surface area contributed by atoms with Gasteiger partial charge in [0, 0.05) is 12.7 Å². The molecule has 4 aromatic rings. The number of thiophene rings is 1. The van der Waals surface area contributed by atoms with Crippen molar-refractivity contribution in [2.75, 3.05) is 11.0 Å². The Bertz CT molecular complexity index is 1580. The zero-order valence-corrected chi connectivity index (χ0v) is 20.0. The summed E-state index contributed by atoms with van der Waals surface area (Å²) in [7, 11) is -1.88. The smallest absolute Gasteiger partial charge is 0.348 e. The summed E-state index contributed by atoms with van der Waals surface area (Å²) in [5.41, 5.74) is 0.801. The Labute approximate surface area is 198 Å². The van der Waals surface area contributed by atoms with E-state index < -0.39 is 27.2 Å². The molecule has 1 N–H and O–H groups in total. The number of rotatable bonds is 7. The van der Waals surface area contributed by atoms with Crippen molar-refractivity contribution in [1.82, 2.24) is 9.13 Å². The Morgan fingerprint density at radius 1 is 1.03 bits per heavy atom. The van der Waals surface area contributed by atoms with Gasteiger partial charge in [-0.25, -0.2) is 18.0 Å². The molecule has 34 heavy (non-hydrogen) atoms. The maximum absolute atomic E-state index is 13.1. The molecular weight excluding hydrogens is 478 g/mol. The first-order valence-corrected chi connectivity index (χ1v) is 12.8. The number of sulfonamides is 1. The third kappa shape index (κ3) is 5.10. The largest absolute Gasteiger partial charge is 0.457 e. The van der Waals surface area contributed by atoms with Crippen LogP contribution in [0.4, 0.5) is 5.69 Å². The Morgan fingerprint density at radius 3 is 2.35 bits per heavy atom. The van der Waals surface area contributed by atoms with Gasteiger partial charge in [0.05, 0.1) is 18.2 Å². The van der Waals surface area contributed by atoms with E-state index in [2.05, 4.69) is 4.72 Å². The monoisotopic (exact) mass is 499 g/mol. The highest BCUT2D eigenvalue weighted by Crippen LogP contribution is 2.23. The first-order valence-electron chi connectivity index (χ1n) is 10.1. The molecule has 0 aliphatic carbocycles. The molecule has 2 aromatic carbocycles. The molecule has 176 valence electrons. The van der Waals surface area contributed by atoms with Crippen molar-refractivity contribution < 1.29 is 17.9 Å². The van der Waals surface area contributed by atoms with Gasteiger partial charge in [0.25, 0.3) is 5.56 Å². The van der Waals surface area contributed by atoms with E-state index in [-0.39, 0.29) is 23.4 Å². The van der Waals surface area contributed by atoms with Crippen molar-refractivity contribution in [3.63, 3.8) is 0 Å². The number of hydrogen-bond acceptors (Lipinski definition) is 7. The van der Waals surface area contributed by atoms with Crippen LogP contribution in [-0.4, -0.2) is 29.8 Å². The van der Waals surface area contributed by atoms with Crippen LogP contribution in [0.3, 0.4) is 0 Å². The number of hydrogen-bond donors (Lipinski definition) is 1. The number of ether oxygens (including phenoxy) is 1. The number of aryl methyl sites for hydroxylation is 1. The Balaban J connectivity index is 1.61. The maximum Gasteiger partial charge on any atom is 0.348 e. The van der Waals surface area contributed by atoms with Gasteiger partial charge in [0.2, 0.25) is 10.0 Å². The van der Waals surface area contributed by atoms with Gasteiger partial charge in [-0.2, -0.15) is 0 Å². The number of carbonyl (C=O) groups excluding carboxylic acids is 1. The second-order valence-corrected chi connectivity index (χ2v) is 10.5. The lowest BCUT2D eigenvalue weighted by molar-refractivity contribution is 0.0478. The van der Waals surface area contributed by atoms with Crippen LogP contribution in [0, 0.1) is 0 Å². The fourth-order valence-corrected chi connectivity index (χ4v) is 4.96. The van der Waals surface area contributed by atoms with Crippen LogP contribution in [0.2, 0.25) is 0 Å². The summed E-state index contributed by atoms with van der Waals surface area (Å²) in [4.78, 5) is 39.1. The molecular formula is C23H21N3O6S2. The van der Waals surface area contributed by atoms with Crippen LogP contribution >= 0.6 is 11.3 Å². The zero-order chi connectivity index (χ0) is 24.5. The quantitative estimate of drug-likeness (QED) is 0.391.